The van der Waals surface area contributed by atoms with E-state index in [-0.39, 0.29) is 5.91 Å². The number of nitrogens with zero attached hydrogens (tertiary/aromatic N) is 1. The van der Waals surface area contributed by atoms with Gasteiger partial charge in [0.2, 0.25) is 5.91 Å². The number of amides is 1. The van der Waals surface area contributed by atoms with E-state index in [9.17, 15) is 4.79 Å². The van der Waals surface area contributed by atoms with Crippen molar-refractivity contribution in [3.05, 3.63) is 65.7 Å². The van der Waals surface area contributed by atoms with E-state index in [0.29, 0.717) is 13.0 Å². The van der Waals surface area contributed by atoms with E-state index in [0.717, 1.165) is 16.8 Å². The first-order valence-electron chi connectivity index (χ1n) is 7.29. The summed E-state index contributed by atoms with van der Waals surface area (Å²) in [5.41, 5.74) is 9.23. The lowest BCUT2D eigenvalue weighted by atomic mass is 10.1. The molecule has 2 aromatic carbocycles. The van der Waals surface area contributed by atoms with Crippen LogP contribution in [0, 0.1) is 6.92 Å². The van der Waals surface area contributed by atoms with Gasteiger partial charge in [-0.3, -0.25) is 4.79 Å². The molecule has 0 bridgehead atoms. The molecule has 3 nitrogen and oxygen atoms in total. The van der Waals surface area contributed by atoms with Crippen molar-refractivity contribution in [1.29, 1.82) is 0 Å². The highest BCUT2D eigenvalue weighted by Crippen LogP contribution is 2.17. The summed E-state index contributed by atoms with van der Waals surface area (Å²) in [5.74, 6) is -0.0352. The molecular weight excluding hydrogens is 260 g/mol. The van der Waals surface area contributed by atoms with E-state index in [4.69, 9.17) is 5.73 Å². The molecule has 0 aliphatic rings. The van der Waals surface area contributed by atoms with Gasteiger partial charge in [-0.2, -0.15) is 0 Å². The summed E-state index contributed by atoms with van der Waals surface area (Å²) in [5, 5.41) is 0. The number of likely N-dealkylation sites (N-methyl/N-ethyl adjacent to an activating group) is 1. The molecule has 0 fully saturated rings. The van der Waals surface area contributed by atoms with E-state index in [1.165, 1.54) is 0 Å². The zero-order chi connectivity index (χ0) is 15.2. The fraction of sp³-hybridized carbons (Fsp3) is 0.278. The standard InChI is InChI=1S/C18H22N2O/c1-3-20(16-11-7-8-14(2)12-16)18(21)17(19)13-15-9-5-4-6-10-15/h4-12,17H,3,13,19H2,1-2H3/t17-/m1/s1. The van der Waals surface area contributed by atoms with Gasteiger partial charge in [-0.05, 0) is 43.5 Å². The van der Waals surface area contributed by atoms with Crippen molar-refractivity contribution in [3.8, 4) is 0 Å². The molecule has 0 spiro atoms. The number of benzene rings is 2. The number of rotatable bonds is 5. The second-order valence-electron chi connectivity index (χ2n) is 5.22. The van der Waals surface area contributed by atoms with Crippen LogP contribution in [0.5, 0.6) is 0 Å². The fourth-order valence-electron chi connectivity index (χ4n) is 2.42. The van der Waals surface area contributed by atoms with Gasteiger partial charge in [0.1, 0.15) is 0 Å². The first-order chi connectivity index (χ1) is 10.1. The molecule has 21 heavy (non-hydrogen) atoms. The van der Waals surface area contributed by atoms with Crippen LogP contribution < -0.4 is 10.6 Å². The maximum absolute atomic E-state index is 12.6. The van der Waals surface area contributed by atoms with Crippen LogP contribution in [-0.2, 0) is 11.2 Å². The van der Waals surface area contributed by atoms with Crippen molar-refractivity contribution in [2.75, 3.05) is 11.4 Å². The summed E-state index contributed by atoms with van der Waals surface area (Å²) in [6.07, 6.45) is 0.558. The third-order valence-electron chi connectivity index (χ3n) is 3.51. The molecule has 2 aromatic rings. The molecule has 0 heterocycles. The first kappa shape index (κ1) is 15.3. The second-order valence-corrected chi connectivity index (χ2v) is 5.22. The molecule has 0 saturated heterocycles. The third-order valence-corrected chi connectivity index (χ3v) is 3.51. The Morgan fingerprint density at radius 2 is 1.86 bits per heavy atom. The zero-order valence-electron chi connectivity index (χ0n) is 12.6. The SMILES string of the molecule is CCN(C(=O)[C@H](N)Cc1ccccc1)c1cccc(C)c1. The minimum absolute atomic E-state index is 0.0352. The summed E-state index contributed by atoms with van der Waals surface area (Å²) in [6.45, 7) is 4.60. The van der Waals surface area contributed by atoms with Gasteiger partial charge in [0.15, 0.2) is 0 Å². The van der Waals surface area contributed by atoms with Crippen LogP contribution in [0.2, 0.25) is 0 Å². The normalized spacial score (nSPS) is 12.0. The molecule has 0 radical (unpaired) electrons. The Kier molecular flexibility index (Phi) is 5.12. The molecule has 2 rings (SSSR count). The van der Waals surface area contributed by atoms with E-state index >= 15 is 0 Å². The predicted molar refractivity (Wildman–Crippen MR) is 87.3 cm³/mol. The quantitative estimate of drug-likeness (QED) is 0.916. The number of carbonyl (C=O) groups excluding carboxylic acids is 1. The highest BCUT2D eigenvalue weighted by Gasteiger charge is 2.21. The maximum Gasteiger partial charge on any atom is 0.244 e. The van der Waals surface area contributed by atoms with Crippen LogP contribution in [0.25, 0.3) is 0 Å². The lowest BCUT2D eigenvalue weighted by Crippen LogP contribution is -2.45. The van der Waals surface area contributed by atoms with Crippen molar-refractivity contribution >= 4 is 11.6 Å². The van der Waals surface area contributed by atoms with Crippen molar-refractivity contribution in [2.45, 2.75) is 26.3 Å². The lowest BCUT2D eigenvalue weighted by Gasteiger charge is -2.25. The van der Waals surface area contributed by atoms with Gasteiger partial charge < -0.3 is 10.6 Å². The molecule has 0 aromatic heterocycles. The largest absolute Gasteiger partial charge is 0.320 e. The Balaban J connectivity index is 2.12. The Hall–Kier alpha value is -2.13. The van der Waals surface area contributed by atoms with Crippen LogP contribution in [-0.4, -0.2) is 18.5 Å². The Labute approximate surface area is 126 Å². The second kappa shape index (κ2) is 7.04. The Morgan fingerprint density at radius 3 is 2.48 bits per heavy atom. The summed E-state index contributed by atoms with van der Waals surface area (Å²) < 4.78 is 0. The summed E-state index contributed by atoms with van der Waals surface area (Å²) in [6, 6.07) is 17.3. The van der Waals surface area contributed by atoms with Crippen LogP contribution in [0.15, 0.2) is 54.6 Å². The van der Waals surface area contributed by atoms with Crippen molar-refractivity contribution in [1.82, 2.24) is 0 Å². The van der Waals surface area contributed by atoms with Crippen LogP contribution >= 0.6 is 0 Å². The van der Waals surface area contributed by atoms with Gasteiger partial charge in [-0.25, -0.2) is 0 Å². The summed E-state index contributed by atoms with van der Waals surface area (Å²) >= 11 is 0. The van der Waals surface area contributed by atoms with Crippen LogP contribution in [0.1, 0.15) is 18.1 Å². The number of nitrogens with two attached hydrogens (primary N) is 1. The van der Waals surface area contributed by atoms with Crippen LogP contribution in [0.3, 0.4) is 0 Å². The van der Waals surface area contributed by atoms with Crippen molar-refractivity contribution in [3.63, 3.8) is 0 Å². The third kappa shape index (κ3) is 3.92. The van der Waals surface area contributed by atoms with Crippen LogP contribution in [0.4, 0.5) is 5.69 Å². The topological polar surface area (TPSA) is 46.3 Å². The molecule has 0 unspecified atom stereocenters. The van der Waals surface area contributed by atoms with E-state index in [1.54, 1.807) is 4.90 Å². The molecule has 2 N–H and O–H groups in total. The molecule has 1 atom stereocenters. The average molecular weight is 282 g/mol. The maximum atomic E-state index is 12.6. The van der Waals surface area contributed by atoms with Gasteiger partial charge in [-0.1, -0.05) is 42.5 Å². The van der Waals surface area contributed by atoms with Gasteiger partial charge in [0, 0.05) is 12.2 Å². The van der Waals surface area contributed by atoms with E-state index in [1.807, 2.05) is 68.4 Å². The monoisotopic (exact) mass is 282 g/mol. The zero-order valence-corrected chi connectivity index (χ0v) is 12.6. The Morgan fingerprint density at radius 1 is 1.14 bits per heavy atom. The molecule has 0 aliphatic heterocycles. The predicted octanol–water partition coefficient (Wildman–Crippen LogP) is 2.92. The van der Waals surface area contributed by atoms with Gasteiger partial charge >= 0.3 is 0 Å². The first-order valence-corrected chi connectivity index (χ1v) is 7.29. The molecule has 110 valence electrons. The van der Waals surface area contributed by atoms with Crippen molar-refractivity contribution in [2.24, 2.45) is 5.73 Å². The Bertz CT molecular complexity index is 595. The molecule has 0 saturated carbocycles. The van der Waals surface area contributed by atoms with Gasteiger partial charge in [-0.15, -0.1) is 0 Å². The average Bonchev–Trinajstić information content (AvgIpc) is 2.49. The molecule has 3 heteroatoms. The molecule has 1 amide bonds. The number of hydrogen-bond donors (Lipinski definition) is 1. The lowest BCUT2D eigenvalue weighted by molar-refractivity contribution is -0.119. The number of hydrogen-bond acceptors (Lipinski definition) is 2. The van der Waals surface area contributed by atoms with E-state index in [2.05, 4.69) is 0 Å². The minimum Gasteiger partial charge on any atom is -0.320 e. The van der Waals surface area contributed by atoms with E-state index < -0.39 is 6.04 Å². The molecule has 0 aliphatic carbocycles. The number of carbonyl (C=O) groups is 1. The number of anilines is 1. The van der Waals surface area contributed by atoms with Gasteiger partial charge in [0.05, 0.1) is 6.04 Å². The smallest absolute Gasteiger partial charge is 0.244 e. The highest BCUT2D eigenvalue weighted by molar-refractivity contribution is 5.97. The molecular formula is C18H22N2O. The summed E-state index contributed by atoms with van der Waals surface area (Å²) in [7, 11) is 0. The highest BCUT2D eigenvalue weighted by atomic mass is 16.2. The van der Waals surface area contributed by atoms with Gasteiger partial charge in [0.25, 0.3) is 0 Å². The minimum atomic E-state index is -0.520. The summed E-state index contributed by atoms with van der Waals surface area (Å²) in [4.78, 5) is 14.3. The number of aryl methyl sites for hydroxylation is 1. The van der Waals surface area contributed by atoms with Crippen molar-refractivity contribution < 1.29 is 4.79 Å². The fourth-order valence-corrected chi connectivity index (χ4v) is 2.42.